The van der Waals surface area contributed by atoms with Gasteiger partial charge in [0, 0.05) is 26.6 Å². The first-order valence-electron chi connectivity index (χ1n) is 7.40. The molecule has 5 nitrogen and oxygen atoms in total. The van der Waals surface area contributed by atoms with Gasteiger partial charge in [-0.3, -0.25) is 9.59 Å². The molecule has 2 unspecified atom stereocenters. The molecule has 2 N–H and O–H groups in total. The number of hydrogen-bond acceptors (Lipinski definition) is 3. The lowest BCUT2D eigenvalue weighted by Crippen LogP contribution is -2.44. The van der Waals surface area contributed by atoms with Crippen LogP contribution in [0.3, 0.4) is 0 Å². The van der Waals surface area contributed by atoms with E-state index in [1.165, 1.54) is 6.42 Å². The number of carbonyl (C=O) groups is 2. The molecule has 0 aromatic carbocycles. The van der Waals surface area contributed by atoms with E-state index in [0.717, 1.165) is 38.9 Å². The largest absolute Gasteiger partial charge is 0.359 e. The van der Waals surface area contributed by atoms with Gasteiger partial charge < -0.3 is 15.5 Å². The zero-order valence-corrected chi connectivity index (χ0v) is 11.8. The molecule has 0 bridgehead atoms. The van der Waals surface area contributed by atoms with Crippen LogP contribution in [0.15, 0.2) is 0 Å². The maximum Gasteiger partial charge on any atom is 0.224 e. The van der Waals surface area contributed by atoms with Crippen molar-refractivity contribution in [3.8, 4) is 0 Å². The normalized spacial score (nSPS) is 27.3. The summed E-state index contributed by atoms with van der Waals surface area (Å²) in [6.07, 6.45) is 4.64. The molecular formula is C14H25N3O2. The molecular weight excluding hydrogens is 242 g/mol. The zero-order valence-electron chi connectivity index (χ0n) is 11.8. The molecule has 2 rings (SSSR count). The second kappa shape index (κ2) is 6.89. The highest BCUT2D eigenvalue weighted by Gasteiger charge is 2.28. The Balaban J connectivity index is 1.76. The summed E-state index contributed by atoms with van der Waals surface area (Å²) in [5.41, 5.74) is 0. The predicted octanol–water partition coefficient (Wildman–Crippen LogP) is 0.361. The van der Waals surface area contributed by atoms with Crippen LogP contribution >= 0.6 is 0 Å². The van der Waals surface area contributed by atoms with Gasteiger partial charge in [-0.15, -0.1) is 0 Å². The van der Waals surface area contributed by atoms with Crippen LogP contribution in [0.4, 0.5) is 0 Å². The number of nitrogens with one attached hydrogen (secondary N) is 2. The Morgan fingerprint density at radius 1 is 1.37 bits per heavy atom. The summed E-state index contributed by atoms with van der Waals surface area (Å²) >= 11 is 0. The van der Waals surface area contributed by atoms with Crippen molar-refractivity contribution in [3.05, 3.63) is 0 Å². The van der Waals surface area contributed by atoms with Crippen LogP contribution in [0.2, 0.25) is 0 Å². The number of nitrogens with zero attached hydrogens (tertiary/aromatic N) is 1. The standard InChI is InChI=1S/C14H25N3O2/c1-15-14(19)12-3-2-8-17(10-12)13(18)5-4-11-6-7-16-9-11/h11-12,16H,2-10H2,1H3,(H,15,19). The summed E-state index contributed by atoms with van der Waals surface area (Å²) in [7, 11) is 1.66. The Kier molecular flexibility index (Phi) is 5.19. The third-order valence-corrected chi connectivity index (χ3v) is 4.32. The fourth-order valence-corrected chi connectivity index (χ4v) is 3.07. The minimum Gasteiger partial charge on any atom is -0.359 e. The van der Waals surface area contributed by atoms with E-state index in [9.17, 15) is 9.59 Å². The highest BCUT2D eigenvalue weighted by atomic mass is 16.2. The van der Waals surface area contributed by atoms with Gasteiger partial charge in [-0.2, -0.15) is 0 Å². The fourth-order valence-electron chi connectivity index (χ4n) is 3.07. The minimum absolute atomic E-state index is 0.0177. The van der Waals surface area contributed by atoms with Gasteiger partial charge in [-0.05, 0) is 44.7 Å². The van der Waals surface area contributed by atoms with Crippen LogP contribution in [-0.4, -0.2) is 49.9 Å². The van der Waals surface area contributed by atoms with Crippen LogP contribution < -0.4 is 10.6 Å². The molecule has 2 atom stereocenters. The SMILES string of the molecule is CNC(=O)C1CCCN(C(=O)CCC2CCNC2)C1. The lowest BCUT2D eigenvalue weighted by atomic mass is 9.96. The molecule has 0 radical (unpaired) electrons. The summed E-state index contributed by atoms with van der Waals surface area (Å²) in [6, 6.07) is 0. The number of hydrogen-bond donors (Lipinski definition) is 2. The van der Waals surface area contributed by atoms with E-state index in [4.69, 9.17) is 0 Å². The lowest BCUT2D eigenvalue weighted by molar-refractivity contribution is -0.135. The van der Waals surface area contributed by atoms with Crippen molar-refractivity contribution < 1.29 is 9.59 Å². The Labute approximate surface area is 115 Å². The van der Waals surface area contributed by atoms with Crippen LogP contribution in [0, 0.1) is 11.8 Å². The summed E-state index contributed by atoms with van der Waals surface area (Å²) < 4.78 is 0. The molecule has 0 aliphatic carbocycles. The first-order chi connectivity index (χ1) is 9.20. The molecule has 2 saturated heterocycles. The molecule has 2 amide bonds. The van der Waals surface area contributed by atoms with Gasteiger partial charge >= 0.3 is 0 Å². The Morgan fingerprint density at radius 3 is 2.89 bits per heavy atom. The molecule has 0 aromatic rings. The summed E-state index contributed by atoms with van der Waals surface area (Å²) in [5.74, 6) is 0.928. The highest BCUT2D eigenvalue weighted by Crippen LogP contribution is 2.20. The molecule has 5 heteroatoms. The van der Waals surface area contributed by atoms with Crippen LogP contribution in [0.1, 0.15) is 32.1 Å². The number of carbonyl (C=O) groups excluding carboxylic acids is 2. The topological polar surface area (TPSA) is 61.4 Å². The first-order valence-corrected chi connectivity index (χ1v) is 7.40. The molecule has 19 heavy (non-hydrogen) atoms. The predicted molar refractivity (Wildman–Crippen MR) is 73.6 cm³/mol. The maximum absolute atomic E-state index is 12.2. The average Bonchev–Trinajstić information content (AvgIpc) is 2.97. The van der Waals surface area contributed by atoms with Crippen LogP contribution in [0.25, 0.3) is 0 Å². The third kappa shape index (κ3) is 3.93. The third-order valence-electron chi connectivity index (χ3n) is 4.32. The van der Waals surface area contributed by atoms with E-state index in [1.54, 1.807) is 7.05 Å². The molecule has 108 valence electrons. The summed E-state index contributed by atoms with van der Waals surface area (Å²) in [6.45, 7) is 3.55. The monoisotopic (exact) mass is 267 g/mol. The van der Waals surface area contributed by atoms with E-state index in [2.05, 4.69) is 10.6 Å². The van der Waals surface area contributed by atoms with Gasteiger partial charge in [-0.25, -0.2) is 0 Å². The van der Waals surface area contributed by atoms with Crippen molar-refractivity contribution in [2.24, 2.45) is 11.8 Å². The van der Waals surface area contributed by atoms with Gasteiger partial charge in [-0.1, -0.05) is 0 Å². The minimum atomic E-state index is -0.0177. The smallest absolute Gasteiger partial charge is 0.224 e. The van der Waals surface area contributed by atoms with Gasteiger partial charge in [0.1, 0.15) is 0 Å². The number of piperidine rings is 1. The van der Waals surface area contributed by atoms with E-state index < -0.39 is 0 Å². The number of rotatable bonds is 4. The van der Waals surface area contributed by atoms with Crippen molar-refractivity contribution in [2.75, 3.05) is 33.2 Å². The molecule has 0 spiro atoms. The lowest BCUT2D eigenvalue weighted by Gasteiger charge is -2.32. The molecule has 0 saturated carbocycles. The van der Waals surface area contributed by atoms with Crippen LogP contribution in [-0.2, 0) is 9.59 Å². The Bertz CT molecular complexity index is 327. The summed E-state index contributed by atoms with van der Waals surface area (Å²) in [4.78, 5) is 25.7. The zero-order chi connectivity index (χ0) is 13.7. The molecule has 2 heterocycles. The van der Waals surface area contributed by atoms with E-state index in [-0.39, 0.29) is 17.7 Å². The molecule has 0 aromatic heterocycles. The van der Waals surface area contributed by atoms with Gasteiger partial charge in [0.2, 0.25) is 11.8 Å². The Morgan fingerprint density at radius 2 is 2.21 bits per heavy atom. The summed E-state index contributed by atoms with van der Waals surface area (Å²) in [5, 5.41) is 6.01. The van der Waals surface area contributed by atoms with Gasteiger partial charge in [0.05, 0.1) is 5.92 Å². The van der Waals surface area contributed by atoms with Crippen LogP contribution in [0.5, 0.6) is 0 Å². The highest BCUT2D eigenvalue weighted by molar-refractivity contribution is 5.81. The average molecular weight is 267 g/mol. The first kappa shape index (κ1) is 14.3. The molecule has 2 aliphatic heterocycles. The Hall–Kier alpha value is -1.10. The quantitative estimate of drug-likeness (QED) is 0.773. The van der Waals surface area contributed by atoms with E-state index >= 15 is 0 Å². The molecule has 2 aliphatic rings. The van der Waals surface area contributed by atoms with Crippen molar-refractivity contribution in [1.29, 1.82) is 0 Å². The van der Waals surface area contributed by atoms with E-state index in [0.29, 0.717) is 18.9 Å². The van der Waals surface area contributed by atoms with Crippen molar-refractivity contribution in [1.82, 2.24) is 15.5 Å². The number of likely N-dealkylation sites (tertiary alicyclic amines) is 1. The van der Waals surface area contributed by atoms with Crippen molar-refractivity contribution >= 4 is 11.8 Å². The van der Waals surface area contributed by atoms with Crippen molar-refractivity contribution in [3.63, 3.8) is 0 Å². The van der Waals surface area contributed by atoms with Gasteiger partial charge in [0.15, 0.2) is 0 Å². The fraction of sp³-hybridized carbons (Fsp3) is 0.857. The second-order valence-electron chi connectivity index (χ2n) is 5.69. The van der Waals surface area contributed by atoms with Crippen molar-refractivity contribution in [2.45, 2.75) is 32.1 Å². The maximum atomic E-state index is 12.2. The number of amides is 2. The van der Waals surface area contributed by atoms with Gasteiger partial charge in [0.25, 0.3) is 0 Å². The van der Waals surface area contributed by atoms with E-state index in [1.807, 2.05) is 4.90 Å². The molecule has 2 fully saturated rings. The second-order valence-corrected chi connectivity index (χ2v) is 5.69.